The summed E-state index contributed by atoms with van der Waals surface area (Å²) >= 11 is 0. The number of rotatable bonds is 2. The number of benzene rings is 1. The van der Waals surface area contributed by atoms with Gasteiger partial charge in [0.15, 0.2) is 0 Å². The molecule has 0 amide bonds. The zero-order chi connectivity index (χ0) is 23.6. The van der Waals surface area contributed by atoms with Gasteiger partial charge in [0.1, 0.15) is 4.90 Å². The molecule has 0 aliphatic heterocycles. The summed E-state index contributed by atoms with van der Waals surface area (Å²) in [6.45, 7) is 0. The number of nitro benzene ring substituents is 1. The molecule has 0 atom stereocenters. The second kappa shape index (κ2) is 13.7. The Labute approximate surface area is 167 Å². The van der Waals surface area contributed by atoms with Gasteiger partial charge in [-0.15, -0.1) is 0 Å². The Morgan fingerprint density at radius 2 is 1.10 bits per heavy atom. The Kier molecular flexibility index (Phi) is 16.5. The van der Waals surface area contributed by atoms with E-state index in [9.17, 15) is 70.3 Å². The van der Waals surface area contributed by atoms with Crippen molar-refractivity contribution in [1.82, 2.24) is 0 Å². The third kappa shape index (κ3) is 46.5. The van der Waals surface area contributed by atoms with Crippen LogP contribution in [-0.4, -0.2) is 39.7 Å². The molecule has 1 N–H and O–H groups in total. The van der Waals surface area contributed by atoms with Gasteiger partial charge in [-0.25, -0.2) is 0 Å². The second-order valence-corrected chi connectivity index (χ2v) is 5.14. The molecule has 23 heteroatoms. The third-order valence-electron chi connectivity index (χ3n) is 1.33. The van der Waals surface area contributed by atoms with E-state index in [0.717, 1.165) is 18.2 Å². The Bertz CT molecular complexity index is 671. The Morgan fingerprint density at radius 3 is 1.31 bits per heavy atom. The van der Waals surface area contributed by atoms with Gasteiger partial charge in [0, 0.05) is 12.1 Å². The number of nitrogens with zero attached hydrogens (tertiary/aromatic N) is 1. The molecule has 168 valence electrons. The van der Waals surface area contributed by atoms with Crippen molar-refractivity contribution in [1.29, 1.82) is 0 Å². The smallest absolute Gasteiger partial charge is 1.00 e. The van der Waals surface area contributed by atoms with Crippen molar-refractivity contribution in [2.24, 2.45) is 0 Å². The molecule has 0 aliphatic rings. The Morgan fingerprint density at radius 1 is 0.828 bits per heavy atom. The van der Waals surface area contributed by atoms with Crippen LogP contribution in [0.15, 0.2) is 29.2 Å². The van der Waals surface area contributed by atoms with Gasteiger partial charge >= 0.3 is 40.6 Å². The van der Waals surface area contributed by atoms with Gasteiger partial charge in [0.2, 0.25) is 0 Å². The standard InChI is InChI=1S/C6H5NO5S.3BF4.Li.H/c8-7(9)5-2-1-3-6(4-5)13(10,11)12;3*2-1(3,4)5;;/h1-4H,(H,10,11,12);;;;;/q;3*-1;+1;-1. The van der Waals surface area contributed by atoms with E-state index < -0.39 is 41.7 Å². The molecule has 0 unspecified atom stereocenters. The van der Waals surface area contributed by atoms with E-state index in [1.54, 1.807) is 0 Å². The molecular formula is C6H6B3F12LiNO5S-3. The Balaban J connectivity index is -0.000000104. The normalized spacial score (nSPS) is 11.2. The van der Waals surface area contributed by atoms with Crippen LogP contribution in [0.2, 0.25) is 0 Å². The molecule has 0 spiro atoms. The third-order valence-corrected chi connectivity index (χ3v) is 2.18. The van der Waals surface area contributed by atoms with E-state index in [1.165, 1.54) is 6.07 Å². The molecule has 0 saturated carbocycles. The molecule has 1 aromatic rings. The summed E-state index contributed by atoms with van der Waals surface area (Å²) in [4.78, 5) is 8.98. The first-order valence-electron chi connectivity index (χ1n) is 5.75. The molecule has 6 nitrogen and oxygen atoms in total. The fraction of sp³-hybridized carbons (Fsp3) is 0. The molecule has 0 fully saturated rings. The molecule has 0 radical (unpaired) electrons. The van der Waals surface area contributed by atoms with Crippen molar-refractivity contribution in [2.75, 3.05) is 0 Å². The summed E-state index contributed by atoms with van der Waals surface area (Å²) in [5.74, 6) is 0. The summed E-state index contributed by atoms with van der Waals surface area (Å²) in [5, 5.41) is 10.2. The van der Waals surface area contributed by atoms with Gasteiger partial charge in [-0.05, 0) is 6.07 Å². The van der Waals surface area contributed by atoms with Crippen LogP contribution in [0.5, 0.6) is 0 Å². The van der Waals surface area contributed by atoms with Gasteiger partial charge in [-0.1, -0.05) is 6.07 Å². The monoisotopic (exact) mass is 472 g/mol. The minimum absolute atomic E-state index is 0. The van der Waals surface area contributed by atoms with Crippen LogP contribution in [0.3, 0.4) is 0 Å². The van der Waals surface area contributed by atoms with Crippen LogP contribution < -0.4 is 18.9 Å². The first-order valence-corrected chi connectivity index (χ1v) is 7.19. The summed E-state index contributed by atoms with van der Waals surface area (Å²) < 4.78 is 147. The van der Waals surface area contributed by atoms with Crippen molar-refractivity contribution >= 4 is 37.6 Å². The molecule has 1 rings (SSSR count). The van der Waals surface area contributed by atoms with E-state index in [4.69, 9.17) is 4.55 Å². The number of halogens is 12. The number of non-ortho nitro benzene ring substituents is 1. The molecular weight excluding hydrogens is 465 g/mol. The summed E-state index contributed by atoms with van der Waals surface area (Å²) in [6, 6.07) is 4.17. The van der Waals surface area contributed by atoms with Gasteiger partial charge in [-0.2, -0.15) is 8.42 Å². The fourth-order valence-electron chi connectivity index (χ4n) is 0.758. The number of hydrogen-bond acceptors (Lipinski definition) is 4. The number of hydrogen-bond donors (Lipinski definition) is 1. The molecule has 0 bridgehead atoms. The molecule has 1 aromatic carbocycles. The minimum Gasteiger partial charge on any atom is -1.00 e. The largest absolute Gasteiger partial charge is 1.00 e. The quantitative estimate of drug-likeness (QED) is 0.234. The van der Waals surface area contributed by atoms with Gasteiger partial charge in [-0.3, -0.25) is 14.7 Å². The van der Waals surface area contributed by atoms with Crippen LogP contribution in [0.1, 0.15) is 1.43 Å². The van der Waals surface area contributed by atoms with Crippen molar-refractivity contribution in [3.63, 3.8) is 0 Å². The number of nitro groups is 1. The predicted molar refractivity (Wildman–Crippen MR) is 74.6 cm³/mol. The maximum Gasteiger partial charge on any atom is 1.00 e. The molecule has 0 saturated heterocycles. The maximum absolute atomic E-state index is 10.5. The van der Waals surface area contributed by atoms with Crippen LogP contribution >= 0.6 is 0 Å². The minimum atomic E-state index is -6.00. The van der Waals surface area contributed by atoms with Crippen molar-refractivity contribution in [3.8, 4) is 0 Å². The fourth-order valence-corrected chi connectivity index (χ4v) is 1.28. The van der Waals surface area contributed by atoms with Crippen molar-refractivity contribution in [3.05, 3.63) is 34.4 Å². The summed E-state index contributed by atoms with van der Waals surface area (Å²) in [7, 11) is -22.4. The van der Waals surface area contributed by atoms with E-state index in [-0.39, 0.29) is 26.0 Å². The van der Waals surface area contributed by atoms with Gasteiger partial charge < -0.3 is 53.2 Å². The molecule has 0 aromatic heterocycles. The average molecular weight is 472 g/mol. The van der Waals surface area contributed by atoms with Crippen molar-refractivity contribution in [2.45, 2.75) is 4.90 Å². The van der Waals surface area contributed by atoms with Crippen LogP contribution in [0.4, 0.5) is 57.5 Å². The molecule has 0 aliphatic carbocycles. The molecule has 0 heterocycles. The van der Waals surface area contributed by atoms with Gasteiger partial charge in [0.25, 0.3) is 15.8 Å². The maximum atomic E-state index is 10.5. The topological polar surface area (TPSA) is 97.5 Å². The van der Waals surface area contributed by atoms with E-state index in [2.05, 4.69) is 0 Å². The average Bonchev–Trinajstić information content (AvgIpc) is 2.31. The SMILES string of the molecule is F[B-](F)(F)F.F[B-](F)(F)F.F[B-](F)(F)F.O=[N+]([O-])c1cccc(S(=O)(=O)O)c1.[H-].[Li+]. The summed E-state index contributed by atoms with van der Waals surface area (Å²) in [5.41, 5.74) is -0.380. The summed E-state index contributed by atoms with van der Waals surface area (Å²) in [6.07, 6.45) is 0. The van der Waals surface area contributed by atoms with Crippen LogP contribution in [0, 0.1) is 10.1 Å². The first kappa shape index (κ1) is 35.0. The predicted octanol–water partition coefficient (Wildman–Crippen LogP) is 1.86. The zero-order valence-electron chi connectivity index (χ0n) is 14.5. The van der Waals surface area contributed by atoms with Gasteiger partial charge in [0.05, 0.1) is 4.92 Å². The van der Waals surface area contributed by atoms with Crippen molar-refractivity contribution < 1.29 is 90.0 Å². The zero-order valence-corrected chi connectivity index (χ0v) is 14.3. The van der Waals surface area contributed by atoms with Crippen LogP contribution in [0.25, 0.3) is 0 Å². The first-order chi connectivity index (χ1) is 11.9. The Hall–Kier alpha value is -1.52. The van der Waals surface area contributed by atoms with Crippen LogP contribution in [-0.2, 0) is 10.1 Å². The van der Waals surface area contributed by atoms with E-state index in [0.29, 0.717) is 0 Å². The second-order valence-electron chi connectivity index (χ2n) is 3.71. The van der Waals surface area contributed by atoms with E-state index in [1.807, 2.05) is 0 Å². The van der Waals surface area contributed by atoms with E-state index >= 15 is 0 Å². The molecule has 29 heavy (non-hydrogen) atoms.